The van der Waals surface area contributed by atoms with Gasteiger partial charge in [-0.05, 0) is 29.8 Å². The van der Waals surface area contributed by atoms with Crippen molar-refractivity contribution in [3.05, 3.63) is 107 Å². The average molecular weight is 367 g/mol. The van der Waals surface area contributed by atoms with Gasteiger partial charge in [0.2, 0.25) is 5.91 Å². The van der Waals surface area contributed by atoms with Crippen molar-refractivity contribution in [1.82, 2.24) is 0 Å². The molecule has 4 heteroatoms. The van der Waals surface area contributed by atoms with E-state index in [2.05, 4.69) is 5.32 Å². The first-order valence-electron chi connectivity index (χ1n) is 8.86. The van der Waals surface area contributed by atoms with E-state index in [-0.39, 0.29) is 11.3 Å². The third-order valence-corrected chi connectivity index (χ3v) is 4.28. The van der Waals surface area contributed by atoms with Crippen LogP contribution in [0.25, 0.3) is 28.4 Å². The maximum atomic E-state index is 12.5. The lowest BCUT2D eigenvalue weighted by Gasteiger charge is -2.06. The molecule has 0 radical (unpaired) electrons. The summed E-state index contributed by atoms with van der Waals surface area (Å²) in [5.41, 5.74) is 2.63. The zero-order valence-corrected chi connectivity index (χ0v) is 15.0. The van der Waals surface area contributed by atoms with Crippen molar-refractivity contribution in [3.63, 3.8) is 0 Å². The molecule has 0 saturated heterocycles. The second-order valence-electron chi connectivity index (χ2n) is 6.29. The van der Waals surface area contributed by atoms with Gasteiger partial charge in [-0.2, -0.15) is 0 Å². The molecule has 0 unspecified atom stereocenters. The topological polar surface area (TPSA) is 59.3 Å². The van der Waals surface area contributed by atoms with Crippen molar-refractivity contribution in [3.8, 4) is 11.3 Å². The van der Waals surface area contributed by atoms with Crippen LogP contribution in [0.15, 0.2) is 100 Å². The maximum Gasteiger partial charge on any atom is 0.248 e. The molecule has 1 aromatic heterocycles. The Labute approximate surface area is 161 Å². The summed E-state index contributed by atoms with van der Waals surface area (Å²) in [6.45, 7) is 0. The Bertz CT molecular complexity index is 1210. The fourth-order valence-corrected chi connectivity index (χ4v) is 2.90. The Morgan fingerprint density at radius 1 is 0.857 bits per heavy atom. The first kappa shape index (κ1) is 17.5. The summed E-state index contributed by atoms with van der Waals surface area (Å²) >= 11 is 0. The van der Waals surface area contributed by atoms with E-state index in [1.54, 1.807) is 24.3 Å². The van der Waals surface area contributed by atoms with Crippen LogP contribution >= 0.6 is 0 Å². The molecule has 0 aliphatic carbocycles. The molecule has 0 spiro atoms. The SMILES string of the molecule is O=C(/C=C/c1ccccc1)Nc1ccc2oc(-c3ccccc3)cc(=O)c2c1. The second kappa shape index (κ2) is 7.76. The number of nitrogens with one attached hydrogen (secondary N) is 1. The lowest BCUT2D eigenvalue weighted by molar-refractivity contribution is -0.111. The Morgan fingerprint density at radius 3 is 2.32 bits per heavy atom. The van der Waals surface area contributed by atoms with Gasteiger partial charge in [0, 0.05) is 23.4 Å². The van der Waals surface area contributed by atoms with E-state index in [4.69, 9.17) is 4.42 Å². The van der Waals surface area contributed by atoms with E-state index in [1.807, 2.05) is 60.7 Å². The fraction of sp³-hybridized carbons (Fsp3) is 0. The maximum absolute atomic E-state index is 12.5. The lowest BCUT2D eigenvalue weighted by Crippen LogP contribution is -2.08. The molecular weight excluding hydrogens is 350 g/mol. The molecule has 3 aromatic carbocycles. The molecule has 0 saturated carbocycles. The largest absolute Gasteiger partial charge is 0.456 e. The highest BCUT2D eigenvalue weighted by molar-refractivity contribution is 6.02. The zero-order chi connectivity index (χ0) is 19.3. The zero-order valence-electron chi connectivity index (χ0n) is 15.0. The van der Waals surface area contributed by atoms with Gasteiger partial charge in [0.1, 0.15) is 11.3 Å². The molecule has 4 aromatic rings. The normalized spacial score (nSPS) is 11.0. The van der Waals surface area contributed by atoms with E-state index < -0.39 is 0 Å². The third-order valence-electron chi connectivity index (χ3n) is 4.28. The smallest absolute Gasteiger partial charge is 0.248 e. The van der Waals surface area contributed by atoms with Crippen molar-refractivity contribution < 1.29 is 9.21 Å². The average Bonchev–Trinajstić information content (AvgIpc) is 2.74. The summed E-state index contributed by atoms with van der Waals surface area (Å²) in [6.07, 6.45) is 3.19. The number of hydrogen-bond acceptors (Lipinski definition) is 3. The van der Waals surface area contributed by atoms with Crippen molar-refractivity contribution in [1.29, 1.82) is 0 Å². The lowest BCUT2D eigenvalue weighted by atomic mass is 10.1. The molecule has 1 amide bonds. The quantitative estimate of drug-likeness (QED) is 0.510. The molecule has 1 heterocycles. The van der Waals surface area contributed by atoms with Gasteiger partial charge in [-0.1, -0.05) is 60.7 Å². The van der Waals surface area contributed by atoms with Crippen LogP contribution in [0.4, 0.5) is 5.69 Å². The minimum atomic E-state index is -0.270. The number of anilines is 1. The van der Waals surface area contributed by atoms with Gasteiger partial charge in [0.15, 0.2) is 5.43 Å². The van der Waals surface area contributed by atoms with E-state index in [0.717, 1.165) is 11.1 Å². The summed E-state index contributed by atoms with van der Waals surface area (Å²) in [5, 5.41) is 3.19. The van der Waals surface area contributed by atoms with Crippen LogP contribution in [0.5, 0.6) is 0 Å². The van der Waals surface area contributed by atoms with Gasteiger partial charge < -0.3 is 9.73 Å². The van der Waals surface area contributed by atoms with Gasteiger partial charge in [0.25, 0.3) is 0 Å². The molecule has 0 aliphatic rings. The summed E-state index contributed by atoms with van der Waals surface area (Å²) in [7, 11) is 0. The Morgan fingerprint density at radius 2 is 1.57 bits per heavy atom. The van der Waals surface area contributed by atoms with Gasteiger partial charge in [-0.3, -0.25) is 9.59 Å². The predicted molar refractivity (Wildman–Crippen MR) is 112 cm³/mol. The second-order valence-corrected chi connectivity index (χ2v) is 6.29. The molecule has 0 bridgehead atoms. The van der Waals surface area contributed by atoms with Crippen molar-refractivity contribution >= 4 is 28.6 Å². The van der Waals surface area contributed by atoms with E-state index in [9.17, 15) is 9.59 Å². The van der Waals surface area contributed by atoms with Crippen LogP contribution in [-0.2, 0) is 4.79 Å². The van der Waals surface area contributed by atoms with Crippen molar-refractivity contribution in [2.45, 2.75) is 0 Å². The summed E-state index contributed by atoms with van der Waals surface area (Å²) < 4.78 is 5.87. The molecule has 28 heavy (non-hydrogen) atoms. The number of fused-ring (bicyclic) bond motifs is 1. The first-order valence-corrected chi connectivity index (χ1v) is 8.86. The third kappa shape index (κ3) is 3.91. The molecule has 0 atom stereocenters. The summed E-state index contributed by atoms with van der Waals surface area (Å²) in [4.78, 5) is 24.7. The molecule has 4 rings (SSSR count). The predicted octanol–water partition coefficient (Wildman–Crippen LogP) is 5.11. The monoisotopic (exact) mass is 367 g/mol. The number of carbonyl (C=O) groups excluding carboxylic acids is 1. The number of carbonyl (C=O) groups is 1. The van der Waals surface area contributed by atoms with Crippen molar-refractivity contribution in [2.75, 3.05) is 5.32 Å². The van der Waals surface area contributed by atoms with Gasteiger partial charge in [-0.25, -0.2) is 0 Å². The highest BCUT2D eigenvalue weighted by Gasteiger charge is 2.08. The fourth-order valence-electron chi connectivity index (χ4n) is 2.90. The minimum absolute atomic E-state index is 0.156. The molecule has 136 valence electrons. The number of benzene rings is 3. The van der Waals surface area contributed by atoms with Crippen LogP contribution in [0, 0.1) is 0 Å². The van der Waals surface area contributed by atoms with E-state index >= 15 is 0 Å². The molecule has 0 aliphatic heterocycles. The highest BCUT2D eigenvalue weighted by atomic mass is 16.3. The number of rotatable bonds is 4. The summed E-state index contributed by atoms with van der Waals surface area (Å²) in [6, 6.07) is 25.5. The van der Waals surface area contributed by atoms with Crippen LogP contribution in [0.3, 0.4) is 0 Å². The Kier molecular flexibility index (Phi) is 4.85. The van der Waals surface area contributed by atoms with Crippen LogP contribution in [0.2, 0.25) is 0 Å². The van der Waals surface area contributed by atoms with Gasteiger partial charge in [0.05, 0.1) is 5.39 Å². The summed E-state index contributed by atoms with van der Waals surface area (Å²) in [5.74, 6) is 0.245. The molecule has 1 N–H and O–H groups in total. The first-order chi connectivity index (χ1) is 13.7. The van der Waals surface area contributed by atoms with Crippen LogP contribution in [-0.4, -0.2) is 5.91 Å². The number of hydrogen-bond donors (Lipinski definition) is 1. The van der Waals surface area contributed by atoms with Crippen LogP contribution in [0.1, 0.15) is 5.56 Å². The standard InChI is InChI=1S/C24H17NO3/c26-21-16-23(18-9-5-2-6-10-18)28-22-13-12-19(15-20(21)22)25-24(27)14-11-17-7-3-1-4-8-17/h1-16H,(H,25,27)/b14-11+. The van der Waals surface area contributed by atoms with Crippen molar-refractivity contribution in [2.24, 2.45) is 0 Å². The van der Waals surface area contributed by atoms with Gasteiger partial charge in [-0.15, -0.1) is 0 Å². The molecular formula is C24H17NO3. The van der Waals surface area contributed by atoms with E-state index in [1.165, 1.54) is 12.1 Å². The Balaban J connectivity index is 1.58. The number of amides is 1. The van der Waals surface area contributed by atoms with Gasteiger partial charge >= 0.3 is 0 Å². The minimum Gasteiger partial charge on any atom is -0.456 e. The molecule has 4 nitrogen and oxygen atoms in total. The highest BCUT2D eigenvalue weighted by Crippen LogP contribution is 2.23. The molecule has 0 fully saturated rings. The Hall–Kier alpha value is -3.92. The van der Waals surface area contributed by atoms with Crippen LogP contribution < -0.4 is 10.7 Å². The van der Waals surface area contributed by atoms with E-state index in [0.29, 0.717) is 22.4 Å².